The number of carbonyl (C=O) groups is 1. The monoisotopic (exact) mass is 314 g/mol. The SMILES string of the molecule is CN1CCC(c2nn(CCNC(=O)C3CC3)c3nccnc23)C1. The lowest BCUT2D eigenvalue weighted by Crippen LogP contribution is -2.28. The Balaban J connectivity index is 1.53. The molecule has 1 N–H and O–H groups in total. The van der Waals surface area contributed by atoms with Crippen molar-refractivity contribution in [2.75, 3.05) is 26.7 Å². The summed E-state index contributed by atoms with van der Waals surface area (Å²) in [7, 11) is 2.14. The first-order chi connectivity index (χ1) is 11.2. The smallest absolute Gasteiger partial charge is 0.223 e. The van der Waals surface area contributed by atoms with E-state index in [1.165, 1.54) is 0 Å². The highest BCUT2D eigenvalue weighted by Crippen LogP contribution is 2.30. The van der Waals surface area contributed by atoms with Gasteiger partial charge < -0.3 is 10.2 Å². The van der Waals surface area contributed by atoms with Crippen LogP contribution in [0.15, 0.2) is 12.4 Å². The number of carbonyl (C=O) groups excluding carboxylic acids is 1. The third kappa shape index (κ3) is 2.93. The van der Waals surface area contributed by atoms with Gasteiger partial charge in [-0.3, -0.25) is 4.79 Å². The Labute approximate surface area is 135 Å². The fourth-order valence-electron chi connectivity index (χ4n) is 3.29. The largest absolute Gasteiger partial charge is 0.354 e. The number of amides is 1. The molecule has 2 aromatic rings. The highest BCUT2D eigenvalue weighted by atomic mass is 16.2. The Morgan fingerprint density at radius 1 is 1.30 bits per heavy atom. The van der Waals surface area contributed by atoms with Crippen LogP contribution in [0, 0.1) is 5.92 Å². The summed E-state index contributed by atoms with van der Waals surface area (Å²) in [5, 5.41) is 7.76. The quantitative estimate of drug-likeness (QED) is 0.882. The van der Waals surface area contributed by atoms with E-state index in [-0.39, 0.29) is 11.8 Å². The van der Waals surface area contributed by atoms with Gasteiger partial charge in [-0.15, -0.1) is 0 Å². The predicted octanol–water partition coefficient (Wildman–Crippen LogP) is 0.772. The molecule has 0 bridgehead atoms. The summed E-state index contributed by atoms with van der Waals surface area (Å²) < 4.78 is 1.89. The maximum atomic E-state index is 11.7. The first-order valence-electron chi connectivity index (χ1n) is 8.36. The van der Waals surface area contributed by atoms with E-state index >= 15 is 0 Å². The molecule has 1 atom stereocenters. The molecular formula is C16H22N6O. The highest BCUT2D eigenvalue weighted by Gasteiger charge is 2.29. The minimum atomic E-state index is 0.171. The van der Waals surface area contributed by atoms with Crippen LogP contribution in [-0.4, -0.2) is 57.2 Å². The maximum Gasteiger partial charge on any atom is 0.223 e. The number of aromatic nitrogens is 4. The topological polar surface area (TPSA) is 75.9 Å². The Morgan fingerprint density at radius 3 is 2.87 bits per heavy atom. The van der Waals surface area contributed by atoms with Gasteiger partial charge in [-0.05, 0) is 32.9 Å². The number of hydrogen-bond donors (Lipinski definition) is 1. The molecule has 3 heterocycles. The van der Waals surface area contributed by atoms with E-state index in [1.54, 1.807) is 12.4 Å². The molecule has 2 aliphatic rings. The summed E-state index contributed by atoms with van der Waals surface area (Å²) in [5.41, 5.74) is 2.77. The average Bonchev–Trinajstić information content (AvgIpc) is 3.23. The van der Waals surface area contributed by atoms with Gasteiger partial charge in [0.15, 0.2) is 5.65 Å². The zero-order valence-corrected chi connectivity index (χ0v) is 13.4. The summed E-state index contributed by atoms with van der Waals surface area (Å²) in [6.45, 7) is 3.33. The van der Waals surface area contributed by atoms with Crippen molar-refractivity contribution in [2.24, 2.45) is 5.92 Å². The van der Waals surface area contributed by atoms with Crippen LogP contribution in [0.4, 0.5) is 0 Å². The second-order valence-electron chi connectivity index (χ2n) is 6.65. The van der Waals surface area contributed by atoms with E-state index in [2.05, 4.69) is 27.2 Å². The molecule has 0 spiro atoms. The number of nitrogens with one attached hydrogen (secondary N) is 1. The number of likely N-dealkylation sites (tertiary alicyclic amines) is 1. The van der Waals surface area contributed by atoms with Gasteiger partial charge in [0, 0.05) is 37.3 Å². The number of hydrogen-bond acceptors (Lipinski definition) is 5. The molecule has 4 rings (SSSR count). The van der Waals surface area contributed by atoms with Crippen LogP contribution in [0.2, 0.25) is 0 Å². The molecule has 7 heteroatoms. The van der Waals surface area contributed by atoms with Crippen LogP contribution >= 0.6 is 0 Å². The first-order valence-corrected chi connectivity index (χ1v) is 8.36. The number of likely N-dealkylation sites (N-methyl/N-ethyl adjacent to an activating group) is 1. The van der Waals surface area contributed by atoms with E-state index in [0.717, 1.165) is 49.2 Å². The summed E-state index contributed by atoms with van der Waals surface area (Å²) in [6.07, 6.45) is 6.60. The van der Waals surface area contributed by atoms with Crippen molar-refractivity contribution < 1.29 is 4.79 Å². The maximum absolute atomic E-state index is 11.7. The van der Waals surface area contributed by atoms with Gasteiger partial charge in [-0.25, -0.2) is 14.6 Å². The van der Waals surface area contributed by atoms with Crippen LogP contribution in [0.1, 0.15) is 30.9 Å². The van der Waals surface area contributed by atoms with E-state index in [1.807, 2.05) is 4.68 Å². The number of fused-ring (bicyclic) bond motifs is 1. The molecule has 1 aliphatic heterocycles. The number of rotatable bonds is 5. The molecule has 7 nitrogen and oxygen atoms in total. The van der Waals surface area contributed by atoms with Gasteiger partial charge in [-0.2, -0.15) is 5.10 Å². The fourth-order valence-corrected chi connectivity index (χ4v) is 3.29. The molecule has 1 amide bonds. The Morgan fingerprint density at radius 2 is 2.13 bits per heavy atom. The van der Waals surface area contributed by atoms with Crippen LogP contribution in [0.5, 0.6) is 0 Å². The Bertz CT molecular complexity index is 722. The van der Waals surface area contributed by atoms with Crippen LogP contribution in [-0.2, 0) is 11.3 Å². The lowest BCUT2D eigenvalue weighted by atomic mass is 10.0. The minimum absolute atomic E-state index is 0.171. The minimum Gasteiger partial charge on any atom is -0.354 e. The van der Waals surface area contributed by atoms with Gasteiger partial charge in [-0.1, -0.05) is 0 Å². The molecule has 122 valence electrons. The average molecular weight is 314 g/mol. The highest BCUT2D eigenvalue weighted by molar-refractivity contribution is 5.80. The van der Waals surface area contributed by atoms with E-state index < -0.39 is 0 Å². The second-order valence-corrected chi connectivity index (χ2v) is 6.65. The van der Waals surface area contributed by atoms with Crippen molar-refractivity contribution >= 4 is 17.1 Å². The third-order valence-electron chi connectivity index (χ3n) is 4.74. The van der Waals surface area contributed by atoms with Crippen molar-refractivity contribution in [2.45, 2.75) is 31.7 Å². The fraction of sp³-hybridized carbons (Fsp3) is 0.625. The molecule has 1 unspecified atom stereocenters. The van der Waals surface area contributed by atoms with Crippen molar-refractivity contribution in [1.29, 1.82) is 0 Å². The molecule has 2 fully saturated rings. The molecular weight excluding hydrogens is 292 g/mol. The van der Waals surface area contributed by atoms with Gasteiger partial charge in [0.25, 0.3) is 0 Å². The molecule has 1 saturated carbocycles. The van der Waals surface area contributed by atoms with Gasteiger partial charge >= 0.3 is 0 Å². The van der Waals surface area contributed by atoms with E-state index in [0.29, 0.717) is 19.0 Å². The summed E-state index contributed by atoms with van der Waals surface area (Å²) in [6, 6.07) is 0. The summed E-state index contributed by atoms with van der Waals surface area (Å²) in [5.74, 6) is 0.834. The zero-order chi connectivity index (χ0) is 15.8. The van der Waals surface area contributed by atoms with Crippen molar-refractivity contribution in [3.63, 3.8) is 0 Å². The summed E-state index contributed by atoms with van der Waals surface area (Å²) in [4.78, 5) is 23.0. The molecule has 1 saturated heterocycles. The lowest BCUT2D eigenvalue weighted by Gasteiger charge is -2.07. The Hall–Kier alpha value is -2.02. The molecule has 0 radical (unpaired) electrons. The van der Waals surface area contributed by atoms with E-state index in [9.17, 15) is 4.79 Å². The normalized spacial score (nSPS) is 21.9. The first kappa shape index (κ1) is 14.6. The van der Waals surface area contributed by atoms with Crippen molar-refractivity contribution in [1.82, 2.24) is 30.0 Å². The Kier molecular flexibility index (Phi) is 3.72. The third-order valence-corrected chi connectivity index (χ3v) is 4.74. The van der Waals surface area contributed by atoms with Gasteiger partial charge in [0.05, 0.1) is 12.2 Å². The van der Waals surface area contributed by atoms with Crippen LogP contribution < -0.4 is 5.32 Å². The predicted molar refractivity (Wildman–Crippen MR) is 85.9 cm³/mol. The van der Waals surface area contributed by atoms with Crippen LogP contribution in [0.3, 0.4) is 0 Å². The number of nitrogens with zero attached hydrogens (tertiary/aromatic N) is 5. The molecule has 2 aromatic heterocycles. The second kappa shape index (κ2) is 5.88. The van der Waals surface area contributed by atoms with Gasteiger partial charge in [0.1, 0.15) is 5.52 Å². The van der Waals surface area contributed by atoms with Crippen molar-refractivity contribution in [3.8, 4) is 0 Å². The lowest BCUT2D eigenvalue weighted by molar-refractivity contribution is -0.122. The van der Waals surface area contributed by atoms with Crippen molar-refractivity contribution in [3.05, 3.63) is 18.1 Å². The summed E-state index contributed by atoms with van der Waals surface area (Å²) >= 11 is 0. The molecule has 23 heavy (non-hydrogen) atoms. The zero-order valence-electron chi connectivity index (χ0n) is 13.4. The van der Waals surface area contributed by atoms with Crippen LogP contribution in [0.25, 0.3) is 11.2 Å². The standard InChI is InChI=1S/C16H22N6O/c1-21-8-4-12(10-21)13-14-15(18-6-5-17-14)22(20-13)9-7-19-16(23)11-2-3-11/h5-6,11-12H,2-4,7-10H2,1H3,(H,19,23). The van der Waals surface area contributed by atoms with E-state index in [4.69, 9.17) is 5.10 Å². The van der Waals surface area contributed by atoms with Gasteiger partial charge in [0.2, 0.25) is 5.91 Å². The molecule has 0 aromatic carbocycles. The molecule has 1 aliphatic carbocycles.